The molecule has 1 rings (SSSR count). The molecule has 2 nitrogen and oxygen atoms in total. The number of hydrogen-bond acceptors (Lipinski definition) is 2. The molecule has 0 fully saturated rings. The first-order chi connectivity index (χ1) is 7.00. The minimum atomic E-state index is -0.545. The molecule has 0 aliphatic heterocycles. The molecule has 0 saturated heterocycles. The average molecular weight is 336 g/mol. The molecule has 0 spiro atoms. The second kappa shape index (κ2) is 5.68. The Morgan fingerprint density at radius 1 is 1.60 bits per heavy atom. The van der Waals surface area contributed by atoms with Gasteiger partial charge in [-0.25, -0.2) is 0 Å². The van der Waals surface area contributed by atoms with Crippen molar-refractivity contribution in [2.24, 2.45) is 0 Å². The number of rotatable bonds is 4. The second-order valence-corrected chi connectivity index (χ2v) is 5.20. The van der Waals surface area contributed by atoms with Crippen LogP contribution in [0.2, 0.25) is 0 Å². The number of aliphatic hydroxyl groups is 1. The normalized spacial score (nSPS) is 12.3. The summed E-state index contributed by atoms with van der Waals surface area (Å²) in [4.78, 5) is 0. The minimum Gasteiger partial charge on any atom is -0.488 e. The van der Waals surface area contributed by atoms with E-state index < -0.39 is 6.10 Å². The molecule has 0 radical (unpaired) electrons. The van der Waals surface area contributed by atoms with Crippen LogP contribution >= 0.6 is 31.9 Å². The highest BCUT2D eigenvalue weighted by atomic mass is 79.9. The molecule has 4 heteroatoms. The van der Waals surface area contributed by atoms with Gasteiger partial charge < -0.3 is 9.84 Å². The third-order valence-electron chi connectivity index (χ3n) is 1.81. The largest absolute Gasteiger partial charge is 0.488 e. The summed E-state index contributed by atoms with van der Waals surface area (Å²) in [5, 5.41) is 9.53. The van der Waals surface area contributed by atoms with Crippen molar-refractivity contribution in [1.82, 2.24) is 0 Å². The zero-order valence-electron chi connectivity index (χ0n) is 8.34. The van der Waals surface area contributed by atoms with Crippen LogP contribution < -0.4 is 4.74 Å². The topological polar surface area (TPSA) is 29.5 Å². The maximum absolute atomic E-state index is 9.53. The van der Waals surface area contributed by atoms with Crippen LogP contribution in [-0.4, -0.2) is 11.7 Å². The van der Waals surface area contributed by atoms with Crippen LogP contribution in [0.15, 0.2) is 33.7 Å². The molecule has 15 heavy (non-hydrogen) atoms. The monoisotopic (exact) mass is 334 g/mol. The first-order valence-electron chi connectivity index (χ1n) is 4.44. The molecular formula is C11H12Br2O2. The summed E-state index contributed by atoms with van der Waals surface area (Å²) in [7, 11) is 0. The van der Waals surface area contributed by atoms with Crippen molar-refractivity contribution in [3.8, 4) is 5.75 Å². The lowest BCUT2D eigenvalue weighted by Crippen LogP contribution is -2.01. The predicted molar refractivity (Wildman–Crippen MR) is 68.3 cm³/mol. The quantitative estimate of drug-likeness (QED) is 0.907. The fourth-order valence-corrected chi connectivity index (χ4v) is 1.59. The Balaban J connectivity index is 2.91. The molecule has 0 bridgehead atoms. The molecule has 1 aromatic carbocycles. The zero-order valence-corrected chi connectivity index (χ0v) is 11.5. The summed E-state index contributed by atoms with van der Waals surface area (Å²) in [6.45, 7) is 5.78. The molecule has 1 N–H and O–H groups in total. The molecule has 1 aromatic rings. The number of ether oxygens (including phenoxy) is 1. The Kier molecular flexibility index (Phi) is 4.83. The first kappa shape index (κ1) is 12.7. The fraction of sp³-hybridized carbons (Fsp3) is 0.273. The molecule has 0 heterocycles. The smallest absolute Gasteiger partial charge is 0.126 e. The highest BCUT2D eigenvalue weighted by Crippen LogP contribution is 2.29. The van der Waals surface area contributed by atoms with Gasteiger partial charge >= 0.3 is 0 Å². The number of halogens is 2. The molecule has 0 aromatic heterocycles. The van der Waals surface area contributed by atoms with E-state index in [4.69, 9.17) is 4.74 Å². The van der Waals surface area contributed by atoms with E-state index in [9.17, 15) is 5.11 Å². The van der Waals surface area contributed by atoms with Gasteiger partial charge in [0.15, 0.2) is 0 Å². The Morgan fingerprint density at radius 2 is 2.27 bits per heavy atom. The third-order valence-corrected chi connectivity index (χ3v) is 2.53. The van der Waals surface area contributed by atoms with Crippen molar-refractivity contribution in [2.75, 3.05) is 6.61 Å². The van der Waals surface area contributed by atoms with Gasteiger partial charge in [-0.3, -0.25) is 0 Å². The standard InChI is InChI=1S/C11H12Br2O2/c1-7(12)6-15-11-5-9(13)3-4-10(11)8(2)14/h3-5,8,14H,1,6H2,2H3/t8-/m1/s1. The summed E-state index contributed by atoms with van der Waals surface area (Å²) in [5.74, 6) is 0.667. The van der Waals surface area contributed by atoms with Crippen molar-refractivity contribution >= 4 is 31.9 Å². The summed E-state index contributed by atoms with van der Waals surface area (Å²) < 4.78 is 7.19. The van der Waals surface area contributed by atoms with Gasteiger partial charge in [-0.2, -0.15) is 0 Å². The molecule has 0 aliphatic rings. The Morgan fingerprint density at radius 3 is 2.80 bits per heavy atom. The lowest BCUT2D eigenvalue weighted by molar-refractivity contribution is 0.193. The van der Waals surface area contributed by atoms with Crippen molar-refractivity contribution in [1.29, 1.82) is 0 Å². The highest BCUT2D eigenvalue weighted by molar-refractivity contribution is 9.11. The maximum atomic E-state index is 9.53. The van der Waals surface area contributed by atoms with Crippen molar-refractivity contribution in [2.45, 2.75) is 13.0 Å². The van der Waals surface area contributed by atoms with E-state index in [0.29, 0.717) is 12.4 Å². The number of hydrogen-bond donors (Lipinski definition) is 1. The molecule has 82 valence electrons. The predicted octanol–water partition coefficient (Wildman–Crippen LogP) is 3.79. The summed E-state index contributed by atoms with van der Waals surface area (Å²) in [5.41, 5.74) is 0.770. The van der Waals surface area contributed by atoms with E-state index in [1.54, 1.807) is 6.92 Å². The van der Waals surface area contributed by atoms with E-state index in [2.05, 4.69) is 38.4 Å². The average Bonchev–Trinajstić information content (AvgIpc) is 2.14. The molecular weight excluding hydrogens is 324 g/mol. The maximum Gasteiger partial charge on any atom is 0.126 e. The summed E-state index contributed by atoms with van der Waals surface area (Å²) in [6.07, 6.45) is -0.545. The van der Waals surface area contributed by atoms with Crippen LogP contribution in [0.1, 0.15) is 18.6 Å². The zero-order chi connectivity index (χ0) is 11.4. The van der Waals surface area contributed by atoms with Gasteiger partial charge in [0.25, 0.3) is 0 Å². The van der Waals surface area contributed by atoms with E-state index >= 15 is 0 Å². The van der Waals surface area contributed by atoms with Gasteiger partial charge in [-0.15, -0.1) is 0 Å². The lowest BCUT2D eigenvalue weighted by Gasteiger charge is -2.13. The molecule has 0 saturated carbocycles. The van der Waals surface area contributed by atoms with Gasteiger partial charge in [0.2, 0.25) is 0 Å². The first-order valence-corrected chi connectivity index (χ1v) is 6.03. The molecule has 0 amide bonds. The van der Waals surface area contributed by atoms with Crippen LogP contribution in [-0.2, 0) is 0 Å². The minimum absolute atomic E-state index is 0.385. The molecule has 0 aliphatic carbocycles. The van der Waals surface area contributed by atoms with E-state index in [-0.39, 0.29) is 0 Å². The van der Waals surface area contributed by atoms with Gasteiger partial charge in [0.05, 0.1) is 6.10 Å². The Labute approximate surface area is 106 Å². The van der Waals surface area contributed by atoms with E-state index in [1.807, 2.05) is 18.2 Å². The van der Waals surface area contributed by atoms with E-state index in [0.717, 1.165) is 14.5 Å². The van der Waals surface area contributed by atoms with Crippen LogP contribution in [0.5, 0.6) is 5.75 Å². The van der Waals surface area contributed by atoms with Gasteiger partial charge in [-0.1, -0.05) is 44.5 Å². The third kappa shape index (κ3) is 3.97. The fourth-order valence-electron chi connectivity index (χ4n) is 1.13. The molecule has 0 unspecified atom stereocenters. The lowest BCUT2D eigenvalue weighted by atomic mass is 10.1. The van der Waals surface area contributed by atoms with Crippen molar-refractivity contribution in [3.05, 3.63) is 39.3 Å². The van der Waals surface area contributed by atoms with Crippen LogP contribution in [0, 0.1) is 0 Å². The second-order valence-electron chi connectivity index (χ2n) is 3.16. The summed E-state index contributed by atoms with van der Waals surface area (Å²) in [6, 6.07) is 5.54. The van der Waals surface area contributed by atoms with Crippen LogP contribution in [0.25, 0.3) is 0 Å². The Bertz CT molecular complexity index is 362. The molecule has 1 atom stereocenters. The van der Waals surface area contributed by atoms with Crippen molar-refractivity contribution < 1.29 is 9.84 Å². The highest BCUT2D eigenvalue weighted by Gasteiger charge is 2.09. The number of aliphatic hydroxyl groups excluding tert-OH is 1. The van der Waals surface area contributed by atoms with Crippen LogP contribution in [0.3, 0.4) is 0 Å². The van der Waals surface area contributed by atoms with Crippen LogP contribution in [0.4, 0.5) is 0 Å². The van der Waals surface area contributed by atoms with Crippen molar-refractivity contribution in [3.63, 3.8) is 0 Å². The van der Waals surface area contributed by atoms with Gasteiger partial charge in [-0.05, 0) is 19.1 Å². The SMILES string of the molecule is C=C(Br)COc1cc(Br)ccc1[C@@H](C)O. The Hall–Kier alpha value is -0.320. The number of benzene rings is 1. The van der Waals surface area contributed by atoms with Gasteiger partial charge in [0.1, 0.15) is 12.4 Å². The van der Waals surface area contributed by atoms with E-state index in [1.165, 1.54) is 0 Å². The summed E-state index contributed by atoms with van der Waals surface area (Å²) >= 11 is 6.57. The van der Waals surface area contributed by atoms with Gasteiger partial charge in [0, 0.05) is 14.5 Å².